The first-order chi connectivity index (χ1) is 13.3. The monoisotopic (exact) mass is 394 g/mol. The van der Waals surface area contributed by atoms with Crippen LogP contribution in [0, 0.1) is 13.8 Å². The highest BCUT2D eigenvalue weighted by Gasteiger charge is 2.18. The van der Waals surface area contributed by atoms with Crippen molar-refractivity contribution in [1.82, 2.24) is 14.3 Å². The van der Waals surface area contributed by atoms with E-state index in [9.17, 15) is 13.2 Å². The fourth-order valence-electron chi connectivity index (χ4n) is 3.49. The van der Waals surface area contributed by atoms with E-state index in [1.54, 1.807) is 6.20 Å². The molecule has 0 saturated heterocycles. The van der Waals surface area contributed by atoms with Gasteiger partial charge in [0.2, 0.25) is 10.0 Å². The van der Waals surface area contributed by atoms with Crippen LogP contribution in [0.4, 0.5) is 0 Å². The maximum Gasteiger partial charge on any atom is 0.281 e. The summed E-state index contributed by atoms with van der Waals surface area (Å²) in [6.07, 6.45) is 1.66. The predicted molar refractivity (Wildman–Crippen MR) is 108 cm³/mol. The van der Waals surface area contributed by atoms with Gasteiger partial charge in [0.15, 0.2) is 0 Å². The maximum atomic E-state index is 13.2. The van der Waals surface area contributed by atoms with Crippen molar-refractivity contribution in [2.45, 2.75) is 18.7 Å². The van der Waals surface area contributed by atoms with Gasteiger partial charge in [0.1, 0.15) is 0 Å². The minimum Gasteiger partial charge on any atom is -0.317 e. The average molecular weight is 394 g/mol. The summed E-state index contributed by atoms with van der Waals surface area (Å²) < 4.78 is 26.2. The normalized spacial score (nSPS) is 11.8. The molecule has 2 aromatic carbocycles. The van der Waals surface area contributed by atoms with Gasteiger partial charge in [-0.25, -0.2) is 13.6 Å². The lowest BCUT2D eigenvalue weighted by atomic mass is 10.2. The summed E-state index contributed by atoms with van der Waals surface area (Å²) >= 11 is 0. The highest BCUT2D eigenvalue weighted by atomic mass is 32.2. The summed E-state index contributed by atoms with van der Waals surface area (Å²) in [5, 5.41) is 10.8. The van der Waals surface area contributed by atoms with E-state index < -0.39 is 10.0 Å². The van der Waals surface area contributed by atoms with Crippen LogP contribution in [0.15, 0.2) is 70.5 Å². The Bertz CT molecular complexity index is 1350. The Morgan fingerprint density at radius 1 is 0.893 bits per heavy atom. The van der Waals surface area contributed by atoms with Crippen LogP contribution >= 0.6 is 0 Å². The molecule has 0 aliphatic heterocycles. The van der Waals surface area contributed by atoms with Crippen molar-refractivity contribution in [3.8, 4) is 11.4 Å². The molecule has 4 aromatic rings. The van der Waals surface area contributed by atoms with Gasteiger partial charge in [-0.05, 0) is 50.2 Å². The van der Waals surface area contributed by atoms with Gasteiger partial charge in [0, 0.05) is 22.5 Å². The number of fused-ring (bicyclic) bond motifs is 1. The molecule has 0 bridgehead atoms. The highest BCUT2D eigenvalue weighted by molar-refractivity contribution is 7.89. The van der Waals surface area contributed by atoms with Crippen LogP contribution in [0.3, 0.4) is 0 Å². The second kappa shape index (κ2) is 6.43. The zero-order valence-corrected chi connectivity index (χ0v) is 16.1. The number of sulfonamides is 1. The smallest absolute Gasteiger partial charge is 0.281 e. The summed E-state index contributed by atoms with van der Waals surface area (Å²) in [7, 11) is -3.80. The van der Waals surface area contributed by atoms with Gasteiger partial charge in [-0.3, -0.25) is 4.79 Å². The molecule has 2 aromatic heterocycles. The van der Waals surface area contributed by atoms with E-state index in [-0.39, 0.29) is 10.5 Å². The summed E-state index contributed by atoms with van der Waals surface area (Å²) in [5.41, 5.74) is 2.91. The van der Waals surface area contributed by atoms with Crippen molar-refractivity contribution in [3.05, 3.63) is 82.5 Å². The first kappa shape index (κ1) is 18.1. The minimum absolute atomic E-state index is 0.0207. The molecule has 8 heteroatoms. The third kappa shape index (κ3) is 2.83. The van der Waals surface area contributed by atoms with Crippen LogP contribution in [0.1, 0.15) is 11.4 Å². The fraction of sp³-hybridized carbons (Fsp3) is 0.100. The van der Waals surface area contributed by atoms with Crippen LogP contribution in [0.25, 0.3) is 22.1 Å². The third-order valence-corrected chi connectivity index (χ3v) is 5.75. The average Bonchev–Trinajstić information content (AvgIpc) is 2.93. The van der Waals surface area contributed by atoms with Crippen molar-refractivity contribution < 1.29 is 8.42 Å². The van der Waals surface area contributed by atoms with Gasteiger partial charge >= 0.3 is 0 Å². The molecule has 28 heavy (non-hydrogen) atoms. The van der Waals surface area contributed by atoms with Gasteiger partial charge in [0.25, 0.3) is 5.56 Å². The van der Waals surface area contributed by atoms with E-state index in [2.05, 4.69) is 5.10 Å². The summed E-state index contributed by atoms with van der Waals surface area (Å²) in [6, 6.07) is 15.5. The Labute approximate surface area is 161 Å². The maximum absolute atomic E-state index is 13.2. The molecular formula is C20H18N4O3S. The Morgan fingerprint density at radius 3 is 2.14 bits per heavy atom. The molecule has 0 unspecified atom stereocenters. The van der Waals surface area contributed by atoms with Gasteiger partial charge < -0.3 is 4.57 Å². The minimum atomic E-state index is -3.80. The van der Waals surface area contributed by atoms with Gasteiger partial charge in [-0.1, -0.05) is 18.2 Å². The first-order valence-corrected chi connectivity index (χ1v) is 10.1. The Morgan fingerprint density at radius 2 is 1.54 bits per heavy atom. The molecule has 2 N–H and O–H groups in total. The molecular weight excluding hydrogens is 376 g/mol. The molecule has 7 nitrogen and oxygen atoms in total. The summed E-state index contributed by atoms with van der Waals surface area (Å²) in [6.45, 7) is 3.85. The SMILES string of the molecule is Cc1c2cnn(-c3ccc(S(N)(=O)=O)cc3)c(=O)c2c(C)n1-c1ccccc1. The number of hydrogen-bond acceptors (Lipinski definition) is 4. The number of para-hydroxylation sites is 1. The second-order valence-electron chi connectivity index (χ2n) is 6.53. The third-order valence-electron chi connectivity index (χ3n) is 4.82. The number of aromatic nitrogens is 3. The van der Waals surface area contributed by atoms with Crippen molar-refractivity contribution in [3.63, 3.8) is 0 Å². The van der Waals surface area contributed by atoms with Crippen molar-refractivity contribution in [2.24, 2.45) is 5.14 Å². The van der Waals surface area contributed by atoms with Crippen LogP contribution in [-0.2, 0) is 10.0 Å². The number of primary sulfonamides is 1. The largest absolute Gasteiger partial charge is 0.317 e. The number of hydrogen-bond donors (Lipinski definition) is 1. The fourth-order valence-corrected chi connectivity index (χ4v) is 4.00. The van der Waals surface area contributed by atoms with E-state index in [0.717, 1.165) is 22.5 Å². The molecule has 0 atom stereocenters. The van der Waals surface area contributed by atoms with Gasteiger partial charge in [-0.2, -0.15) is 9.78 Å². The zero-order chi connectivity index (χ0) is 20.1. The Kier molecular flexibility index (Phi) is 4.17. The lowest BCUT2D eigenvalue weighted by molar-refractivity contribution is 0.598. The van der Waals surface area contributed by atoms with Crippen LogP contribution in [-0.4, -0.2) is 22.8 Å². The zero-order valence-electron chi connectivity index (χ0n) is 15.3. The number of rotatable bonds is 3. The molecule has 2 heterocycles. The van der Waals surface area contributed by atoms with Crippen LogP contribution in [0.5, 0.6) is 0 Å². The topological polar surface area (TPSA) is 100.0 Å². The number of nitrogens with zero attached hydrogens (tertiary/aromatic N) is 3. The standard InChI is InChI=1S/C20H18N4O3S/c1-13-18-12-22-24(16-8-10-17(11-9-16)28(21,26)27)20(25)19(18)14(2)23(13)15-6-4-3-5-7-15/h3-12H,1-2H3,(H2,21,26,27). The molecule has 0 spiro atoms. The molecule has 4 rings (SSSR count). The summed E-state index contributed by atoms with van der Waals surface area (Å²) in [4.78, 5) is 13.2. The number of nitrogens with two attached hydrogens (primary N) is 1. The molecule has 0 fully saturated rings. The number of benzene rings is 2. The van der Waals surface area contributed by atoms with Crippen molar-refractivity contribution in [2.75, 3.05) is 0 Å². The van der Waals surface area contributed by atoms with Gasteiger partial charge in [-0.15, -0.1) is 0 Å². The Hall–Kier alpha value is -3.23. The predicted octanol–water partition coefficient (Wildman–Crippen LogP) is 2.44. The van der Waals surface area contributed by atoms with E-state index in [4.69, 9.17) is 5.14 Å². The van der Waals surface area contributed by atoms with E-state index in [1.807, 2.05) is 48.7 Å². The molecule has 0 aliphatic carbocycles. The van der Waals surface area contributed by atoms with Crippen LogP contribution < -0.4 is 10.7 Å². The van der Waals surface area contributed by atoms with Crippen LogP contribution in [0.2, 0.25) is 0 Å². The van der Waals surface area contributed by atoms with E-state index >= 15 is 0 Å². The lowest BCUT2D eigenvalue weighted by Crippen LogP contribution is -2.21. The molecule has 0 saturated carbocycles. The number of aryl methyl sites for hydroxylation is 2. The quantitative estimate of drug-likeness (QED) is 0.577. The van der Waals surface area contributed by atoms with Crippen molar-refractivity contribution in [1.29, 1.82) is 0 Å². The molecule has 142 valence electrons. The van der Waals surface area contributed by atoms with Crippen molar-refractivity contribution >= 4 is 20.8 Å². The molecule has 0 amide bonds. The molecule has 0 aliphatic rings. The highest BCUT2D eigenvalue weighted by Crippen LogP contribution is 2.26. The van der Waals surface area contributed by atoms with E-state index in [0.29, 0.717) is 11.1 Å². The Balaban J connectivity index is 1.93. The first-order valence-electron chi connectivity index (χ1n) is 8.57. The van der Waals surface area contributed by atoms with Gasteiger partial charge in [0.05, 0.1) is 22.2 Å². The molecule has 0 radical (unpaired) electrons. The second-order valence-corrected chi connectivity index (χ2v) is 8.09. The lowest BCUT2D eigenvalue weighted by Gasteiger charge is -2.08. The van der Waals surface area contributed by atoms with E-state index in [1.165, 1.54) is 28.9 Å². The summed E-state index contributed by atoms with van der Waals surface area (Å²) in [5.74, 6) is 0.